The van der Waals surface area contributed by atoms with E-state index in [-0.39, 0.29) is 23.0 Å². The van der Waals surface area contributed by atoms with Crippen LogP contribution >= 0.6 is 0 Å². The van der Waals surface area contributed by atoms with Crippen molar-refractivity contribution in [2.24, 2.45) is 0 Å². The number of aromatic amines is 2. The van der Waals surface area contributed by atoms with E-state index in [1.165, 1.54) is 24.4 Å². The molecule has 7 nitrogen and oxygen atoms in total. The number of hydrogen-bond donors (Lipinski definition) is 2. The molecule has 4 heterocycles. The van der Waals surface area contributed by atoms with E-state index in [0.717, 1.165) is 12.3 Å². The molecule has 0 saturated carbocycles. The zero-order chi connectivity index (χ0) is 24.0. The molecule has 1 saturated heterocycles. The highest BCUT2D eigenvalue weighted by Crippen LogP contribution is 2.32. The van der Waals surface area contributed by atoms with Crippen molar-refractivity contribution in [1.29, 1.82) is 0 Å². The van der Waals surface area contributed by atoms with Crippen LogP contribution in [0.1, 0.15) is 28.5 Å². The van der Waals surface area contributed by atoms with Gasteiger partial charge in [-0.3, -0.25) is 9.78 Å². The van der Waals surface area contributed by atoms with Gasteiger partial charge in [0.25, 0.3) is 0 Å². The maximum Gasteiger partial charge on any atom is 0.434 e. The molecule has 34 heavy (non-hydrogen) atoms. The van der Waals surface area contributed by atoms with E-state index >= 15 is 0 Å². The number of H-pyrrole nitrogens is 2. The SMILES string of the molecule is CC1CN(c2cc(F)c3nc(-c4cc(C(=O)c5cccnc5C(F)(F)F)c[nH]4)[nH]c3c2)CCO1. The van der Waals surface area contributed by atoms with Gasteiger partial charge in [0.2, 0.25) is 0 Å². The fourth-order valence-corrected chi connectivity index (χ4v) is 4.06. The summed E-state index contributed by atoms with van der Waals surface area (Å²) >= 11 is 0. The molecule has 2 N–H and O–H groups in total. The number of alkyl halides is 3. The van der Waals surface area contributed by atoms with Crippen LogP contribution in [0.2, 0.25) is 0 Å². The maximum atomic E-state index is 14.8. The van der Waals surface area contributed by atoms with Gasteiger partial charge < -0.3 is 19.6 Å². The van der Waals surface area contributed by atoms with Crippen molar-refractivity contribution in [3.05, 3.63) is 65.4 Å². The highest BCUT2D eigenvalue weighted by molar-refractivity contribution is 6.10. The van der Waals surface area contributed by atoms with Crippen LogP contribution < -0.4 is 4.90 Å². The highest BCUT2D eigenvalue weighted by atomic mass is 19.4. The van der Waals surface area contributed by atoms with Gasteiger partial charge in [-0.1, -0.05) is 0 Å². The number of anilines is 1. The normalized spacial score (nSPS) is 16.9. The lowest BCUT2D eigenvalue weighted by molar-refractivity contribution is -0.141. The fraction of sp³-hybridized carbons (Fsp3) is 0.261. The Morgan fingerprint density at radius 1 is 1.26 bits per heavy atom. The molecule has 0 spiro atoms. The van der Waals surface area contributed by atoms with Crippen molar-refractivity contribution in [2.75, 3.05) is 24.6 Å². The third-order valence-corrected chi connectivity index (χ3v) is 5.65. The number of aromatic nitrogens is 4. The van der Waals surface area contributed by atoms with Crippen molar-refractivity contribution < 1.29 is 27.1 Å². The van der Waals surface area contributed by atoms with E-state index < -0.39 is 29.0 Å². The Kier molecular flexibility index (Phi) is 5.35. The topological polar surface area (TPSA) is 86.9 Å². The second kappa shape index (κ2) is 8.24. The van der Waals surface area contributed by atoms with Gasteiger partial charge in [0.05, 0.1) is 29.5 Å². The first kappa shape index (κ1) is 22.1. The highest BCUT2D eigenvalue weighted by Gasteiger charge is 2.37. The van der Waals surface area contributed by atoms with Gasteiger partial charge in [0, 0.05) is 36.7 Å². The number of hydrogen-bond acceptors (Lipinski definition) is 5. The molecule has 1 aliphatic heterocycles. The minimum atomic E-state index is -4.77. The van der Waals surface area contributed by atoms with Crippen LogP contribution in [0.15, 0.2) is 42.7 Å². The minimum Gasteiger partial charge on any atom is -0.375 e. The number of halogens is 4. The Morgan fingerprint density at radius 3 is 2.85 bits per heavy atom. The number of nitrogens with zero attached hydrogens (tertiary/aromatic N) is 3. The van der Waals surface area contributed by atoms with E-state index in [1.54, 1.807) is 6.07 Å². The monoisotopic (exact) mass is 473 g/mol. The van der Waals surface area contributed by atoms with Crippen LogP contribution in [-0.4, -0.2) is 51.5 Å². The van der Waals surface area contributed by atoms with Crippen LogP contribution in [-0.2, 0) is 10.9 Å². The number of nitrogens with one attached hydrogen (secondary N) is 2. The molecule has 5 rings (SSSR count). The number of morpholine rings is 1. The van der Waals surface area contributed by atoms with Crippen LogP contribution in [0.4, 0.5) is 23.2 Å². The van der Waals surface area contributed by atoms with E-state index in [0.29, 0.717) is 36.6 Å². The fourth-order valence-electron chi connectivity index (χ4n) is 4.06. The molecule has 4 aromatic rings. The summed E-state index contributed by atoms with van der Waals surface area (Å²) in [4.78, 5) is 28.2. The van der Waals surface area contributed by atoms with Gasteiger partial charge in [0.1, 0.15) is 5.52 Å². The first-order chi connectivity index (χ1) is 16.2. The van der Waals surface area contributed by atoms with Gasteiger partial charge in [0.15, 0.2) is 23.1 Å². The summed E-state index contributed by atoms with van der Waals surface area (Å²) in [5, 5.41) is 0. The Hall–Kier alpha value is -3.73. The Morgan fingerprint density at radius 2 is 2.09 bits per heavy atom. The number of imidazole rings is 1. The summed E-state index contributed by atoms with van der Waals surface area (Å²) in [5.74, 6) is -1.10. The molecule has 1 aromatic carbocycles. The maximum absolute atomic E-state index is 14.8. The number of pyridine rings is 1. The van der Waals surface area contributed by atoms with Gasteiger partial charge in [-0.05, 0) is 37.3 Å². The Balaban J connectivity index is 1.46. The zero-order valence-corrected chi connectivity index (χ0v) is 17.9. The van der Waals surface area contributed by atoms with Crippen molar-refractivity contribution in [2.45, 2.75) is 19.2 Å². The number of carbonyl (C=O) groups excluding carboxylic acids is 1. The number of benzene rings is 1. The standard InChI is InChI=1S/C23H19F4N5O2/c1-12-11-32(5-6-34-12)14-8-16(24)19-17(9-14)30-22(31-19)18-7-13(10-29-18)20(33)15-3-2-4-28-21(15)23(25,26)27/h2-4,7-10,12,29H,5-6,11H2,1H3,(H,30,31). The van der Waals surface area contributed by atoms with Gasteiger partial charge in [-0.2, -0.15) is 13.2 Å². The van der Waals surface area contributed by atoms with Crippen molar-refractivity contribution in [3.63, 3.8) is 0 Å². The average molecular weight is 473 g/mol. The van der Waals surface area contributed by atoms with Crippen molar-refractivity contribution in [3.8, 4) is 11.5 Å². The minimum absolute atomic E-state index is 0.00239. The number of carbonyl (C=O) groups is 1. The zero-order valence-electron chi connectivity index (χ0n) is 17.9. The molecular weight excluding hydrogens is 454 g/mol. The Labute approximate surface area is 190 Å². The average Bonchev–Trinajstić information content (AvgIpc) is 3.46. The quantitative estimate of drug-likeness (QED) is 0.335. The molecule has 0 amide bonds. The molecular formula is C23H19F4N5O2. The van der Waals surface area contributed by atoms with Crippen LogP contribution in [0.3, 0.4) is 0 Å². The van der Waals surface area contributed by atoms with Gasteiger partial charge >= 0.3 is 6.18 Å². The number of fused-ring (bicyclic) bond motifs is 1. The number of rotatable bonds is 4. The second-order valence-corrected chi connectivity index (χ2v) is 8.07. The molecule has 1 unspecified atom stereocenters. The van der Waals surface area contributed by atoms with Gasteiger partial charge in [-0.15, -0.1) is 0 Å². The molecule has 3 aromatic heterocycles. The van der Waals surface area contributed by atoms with Gasteiger partial charge in [-0.25, -0.2) is 9.37 Å². The molecule has 0 aliphatic carbocycles. The molecule has 0 radical (unpaired) electrons. The van der Waals surface area contributed by atoms with E-state index in [2.05, 4.69) is 19.9 Å². The Bertz CT molecular complexity index is 1380. The third-order valence-electron chi connectivity index (χ3n) is 5.65. The predicted octanol–water partition coefficient (Wildman–Crippen LogP) is 4.57. The smallest absolute Gasteiger partial charge is 0.375 e. The predicted molar refractivity (Wildman–Crippen MR) is 116 cm³/mol. The summed E-state index contributed by atoms with van der Waals surface area (Å²) in [5.41, 5.74) is -0.212. The molecule has 1 fully saturated rings. The molecule has 1 atom stereocenters. The van der Waals surface area contributed by atoms with Crippen LogP contribution in [0.5, 0.6) is 0 Å². The summed E-state index contributed by atoms with van der Waals surface area (Å²) in [7, 11) is 0. The largest absolute Gasteiger partial charge is 0.434 e. The summed E-state index contributed by atoms with van der Waals surface area (Å²) in [6.45, 7) is 3.75. The summed E-state index contributed by atoms with van der Waals surface area (Å²) in [6.07, 6.45) is -2.47. The van der Waals surface area contributed by atoms with E-state index in [1.807, 2.05) is 11.8 Å². The lowest BCUT2D eigenvalue weighted by Gasteiger charge is -2.32. The number of ether oxygens (including phenoxy) is 1. The van der Waals surface area contributed by atoms with E-state index in [4.69, 9.17) is 4.74 Å². The first-order valence-electron chi connectivity index (χ1n) is 10.5. The van der Waals surface area contributed by atoms with Crippen LogP contribution in [0.25, 0.3) is 22.6 Å². The van der Waals surface area contributed by atoms with Crippen LogP contribution in [0, 0.1) is 5.82 Å². The molecule has 1 aliphatic rings. The number of ketones is 1. The molecule has 11 heteroatoms. The lowest BCUT2D eigenvalue weighted by Crippen LogP contribution is -2.41. The molecule has 0 bridgehead atoms. The summed E-state index contributed by atoms with van der Waals surface area (Å²) in [6, 6.07) is 6.92. The third kappa shape index (κ3) is 4.03. The van der Waals surface area contributed by atoms with Crippen molar-refractivity contribution in [1.82, 2.24) is 19.9 Å². The lowest BCUT2D eigenvalue weighted by atomic mass is 10.0. The van der Waals surface area contributed by atoms with Crippen molar-refractivity contribution >= 4 is 22.5 Å². The molecule has 176 valence electrons. The second-order valence-electron chi connectivity index (χ2n) is 8.07. The van der Waals surface area contributed by atoms with E-state index in [9.17, 15) is 22.4 Å². The summed E-state index contributed by atoms with van der Waals surface area (Å²) < 4.78 is 60.1. The first-order valence-corrected chi connectivity index (χ1v) is 10.5.